The summed E-state index contributed by atoms with van der Waals surface area (Å²) in [5.74, 6) is 0.0590. The average molecular weight is 484 g/mol. The highest BCUT2D eigenvalue weighted by atomic mass is 16.5. The highest BCUT2D eigenvalue weighted by molar-refractivity contribution is 5.84. The van der Waals surface area contributed by atoms with Crippen LogP contribution in [0.2, 0.25) is 0 Å². The van der Waals surface area contributed by atoms with E-state index in [4.69, 9.17) is 4.74 Å². The molecule has 2 aromatic carbocycles. The minimum absolute atomic E-state index is 0.0604. The number of nitrogens with one attached hydrogen (secondary N) is 2. The van der Waals surface area contributed by atoms with Gasteiger partial charge in [0.1, 0.15) is 23.9 Å². The largest absolute Gasteiger partial charge is 0.497 e. The summed E-state index contributed by atoms with van der Waals surface area (Å²) >= 11 is 0. The Kier molecular flexibility index (Phi) is 6.17. The van der Waals surface area contributed by atoms with E-state index in [1.807, 2.05) is 60.8 Å². The number of hydrogen-bond acceptors (Lipinski definition) is 5. The molecule has 182 valence electrons. The van der Waals surface area contributed by atoms with Crippen LogP contribution in [-0.2, 0) is 24.3 Å². The van der Waals surface area contributed by atoms with Crippen LogP contribution in [0.1, 0.15) is 34.7 Å². The van der Waals surface area contributed by atoms with Gasteiger partial charge >= 0.3 is 5.69 Å². The predicted octanol–water partition coefficient (Wildman–Crippen LogP) is 2.27. The van der Waals surface area contributed by atoms with Gasteiger partial charge in [-0.25, -0.2) is 9.36 Å². The summed E-state index contributed by atoms with van der Waals surface area (Å²) in [5, 5.41) is 13.4. The second-order valence-electron chi connectivity index (χ2n) is 8.78. The summed E-state index contributed by atoms with van der Waals surface area (Å²) in [4.78, 5) is 41.9. The smallest absolute Gasteiger partial charge is 0.331 e. The first-order valence-corrected chi connectivity index (χ1v) is 11.7. The minimum atomic E-state index is -0.714. The number of methoxy groups -OCH3 is 1. The molecule has 0 fully saturated rings. The Labute approximate surface area is 206 Å². The fourth-order valence-corrected chi connectivity index (χ4v) is 4.93. The van der Waals surface area contributed by atoms with E-state index in [-0.39, 0.29) is 18.0 Å². The van der Waals surface area contributed by atoms with E-state index in [1.165, 1.54) is 4.57 Å². The number of carbonyl (C=O) groups is 1. The third kappa shape index (κ3) is 4.07. The first-order chi connectivity index (χ1) is 17.5. The number of para-hydroxylation sites is 1. The lowest BCUT2D eigenvalue weighted by Gasteiger charge is -2.19. The third-order valence-electron chi connectivity index (χ3n) is 6.76. The van der Waals surface area contributed by atoms with E-state index in [0.29, 0.717) is 25.1 Å². The normalized spacial score (nSPS) is 13.2. The van der Waals surface area contributed by atoms with Crippen LogP contribution in [0.3, 0.4) is 0 Å². The van der Waals surface area contributed by atoms with Crippen LogP contribution in [0, 0.1) is 11.3 Å². The number of nitrogens with zero attached hydrogens (tertiary/aromatic N) is 3. The van der Waals surface area contributed by atoms with Gasteiger partial charge in [-0.15, -0.1) is 0 Å². The van der Waals surface area contributed by atoms with Crippen LogP contribution in [0.5, 0.6) is 5.75 Å². The Balaban J connectivity index is 1.43. The zero-order valence-electron chi connectivity index (χ0n) is 19.8. The molecular weight excluding hydrogens is 458 g/mol. The second kappa shape index (κ2) is 9.58. The molecule has 9 heteroatoms. The van der Waals surface area contributed by atoms with Gasteiger partial charge in [0.25, 0.3) is 5.56 Å². The van der Waals surface area contributed by atoms with Gasteiger partial charge in [0.15, 0.2) is 0 Å². The van der Waals surface area contributed by atoms with Crippen molar-refractivity contribution >= 4 is 16.8 Å². The second-order valence-corrected chi connectivity index (χ2v) is 8.78. The molecule has 0 saturated heterocycles. The van der Waals surface area contributed by atoms with E-state index in [1.54, 1.807) is 7.11 Å². The summed E-state index contributed by atoms with van der Waals surface area (Å²) in [7, 11) is 1.60. The number of carbonyl (C=O) groups excluding carboxylic acids is 1. The summed E-state index contributed by atoms with van der Waals surface area (Å²) in [6.45, 7) is 0.236. The number of fused-ring (bicyclic) bond motifs is 2. The van der Waals surface area contributed by atoms with E-state index in [9.17, 15) is 19.6 Å². The zero-order valence-corrected chi connectivity index (χ0v) is 19.8. The lowest BCUT2D eigenvalue weighted by atomic mass is 9.91. The van der Waals surface area contributed by atoms with Gasteiger partial charge in [0.05, 0.1) is 7.11 Å². The van der Waals surface area contributed by atoms with Gasteiger partial charge in [-0.2, -0.15) is 5.26 Å². The fourth-order valence-electron chi connectivity index (χ4n) is 4.93. The van der Waals surface area contributed by atoms with Crippen molar-refractivity contribution in [2.75, 3.05) is 13.7 Å². The maximum absolute atomic E-state index is 13.0. The molecule has 3 heterocycles. The quantitative estimate of drug-likeness (QED) is 0.418. The Bertz CT molecular complexity index is 1600. The SMILES string of the molecule is COc1ccc([C@@H](CNC(=O)Cn2c(=O)c(C#N)c3n(c2=O)CCC3)c2c[nH]c3ccccc23)cc1. The molecule has 0 spiro atoms. The van der Waals surface area contributed by atoms with Gasteiger partial charge in [-0.1, -0.05) is 30.3 Å². The number of aromatic nitrogens is 3. The Morgan fingerprint density at radius 1 is 1.19 bits per heavy atom. The van der Waals surface area contributed by atoms with Crippen molar-refractivity contribution in [2.24, 2.45) is 0 Å². The molecule has 0 unspecified atom stereocenters. The van der Waals surface area contributed by atoms with E-state index in [0.717, 1.165) is 32.3 Å². The monoisotopic (exact) mass is 483 g/mol. The van der Waals surface area contributed by atoms with Crippen LogP contribution >= 0.6 is 0 Å². The lowest BCUT2D eigenvalue weighted by molar-refractivity contribution is -0.121. The summed E-state index contributed by atoms with van der Waals surface area (Å²) < 4.78 is 7.57. The molecule has 1 aliphatic heterocycles. The van der Waals surface area contributed by atoms with Gasteiger partial charge in [0.2, 0.25) is 5.91 Å². The van der Waals surface area contributed by atoms with E-state index >= 15 is 0 Å². The summed E-state index contributed by atoms with van der Waals surface area (Å²) in [5.41, 5.74) is 2.11. The topological polar surface area (TPSA) is 122 Å². The molecule has 36 heavy (non-hydrogen) atoms. The third-order valence-corrected chi connectivity index (χ3v) is 6.76. The van der Waals surface area contributed by atoms with Crippen molar-refractivity contribution in [3.05, 3.63) is 98.0 Å². The van der Waals surface area contributed by atoms with Gasteiger partial charge in [0, 0.05) is 41.8 Å². The molecule has 1 aliphatic rings. The Morgan fingerprint density at radius 2 is 1.97 bits per heavy atom. The molecule has 2 aromatic heterocycles. The molecule has 2 N–H and O–H groups in total. The number of H-pyrrole nitrogens is 1. The van der Waals surface area contributed by atoms with Crippen molar-refractivity contribution in [2.45, 2.75) is 31.8 Å². The Hall–Kier alpha value is -4.58. The van der Waals surface area contributed by atoms with Crippen LogP contribution in [-0.4, -0.2) is 33.7 Å². The Morgan fingerprint density at radius 3 is 2.72 bits per heavy atom. The number of benzene rings is 2. The molecule has 4 aromatic rings. The maximum atomic E-state index is 13.0. The van der Waals surface area contributed by atoms with E-state index < -0.39 is 23.7 Å². The molecule has 0 radical (unpaired) electrons. The average Bonchev–Trinajstić information content (AvgIpc) is 3.56. The van der Waals surface area contributed by atoms with Gasteiger partial charge in [-0.3, -0.25) is 14.2 Å². The predicted molar refractivity (Wildman–Crippen MR) is 134 cm³/mol. The van der Waals surface area contributed by atoms with Crippen LogP contribution in [0.25, 0.3) is 10.9 Å². The van der Waals surface area contributed by atoms with Crippen molar-refractivity contribution in [1.82, 2.24) is 19.4 Å². The van der Waals surface area contributed by atoms with E-state index in [2.05, 4.69) is 10.3 Å². The van der Waals surface area contributed by atoms with Crippen molar-refractivity contribution in [1.29, 1.82) is 5.26 Å². The fraction of sp³-hybridized carbons (Fsp3) is 0.259. The zero-order chi connectivity index (χ0) is 25.2. The molecule has 1 amide bonds. The van der Waals surface area contributed by atoms with Crippen molar-refractivity contribution in [3.8, 4) is 11.8 Å². The van der Waals surface area contributed by atoms with Crippen molar-refractivity contribution in [3.63, 3.8) is 0 Å². The number of ether oxygens (including phenoxy) is 1. The molecule has 5 rings (SSSR count). The minimum Gasteiger partial charge on any atom is -0.497 e. The number of rotatable bonds is 7. The molecule has 0 aliphatic carbocycles. The molecular formula is C27H25N5O4. The van der Waals surface area contributed by atoms with Crippen LogP contribution in [0.15, 0.2) is 64.3 Å². The maximum Gasteiger partial charge on any atom is 0.331 e. The van der Waals surface area contributed by atoms with Gasteiger partial charge < -0.3 is 15.0 Å². The standard InChI is InChI=1S/C27H25N5O4/c1-36-18-10-8-17(9-11-18)21(22-15-29-23-6-3-2-5-19(22)23)14-30-25(33)16-32-26(34)20(13-28)24-7-4-12-31(24)27(32)35/h2-3,5-6,8-11,15,21,29H,4,7,12,14,16H2,1H3,(H,30,33)/t21-/m1/s1. The highest BCUT2D eigenvalue weighted by Crippen LogP contribution is 2.31. The molecule has 0 saturated carbocycles. The first-order valence-electron chi connectivity index (χ1n) is 11.7. The first kappa shape index (κ1) is 23.2. The number of aromatic amines is 1. The van der Waals surface area contributed by atoms with Crippen molar-refractivity contribution < 1.29 is 9.53 Å². The highest BCUT2D eigenvalue weighted by Gasteiger charge is 2.24. The molecule has 0 bridgehead atoms. The molecule has 9 nitrogen and oxygen atoms in total. The number of nitriles is 1. The number of hydrogen-bond donors (Lipinski definition) is 2. The van der Waals surface area contributed by atoms with Crippen LogP contribution in [0.4, 0.5) is 0 Å². The summed E-state index contributed by atoms with van der Waals surface area (Å²) in [6.07, 6.45) is 3.13. The lowest BCUT2D eigenvalue weighted by Crippen LogP contribution is -2.45. The van der Waals surface area contributed by atoms with Gasteiger partial charge in [-0.05, 0) is 42.2 Å². The summed E-state index contributed by atoms with van der Waals surface area (Å²) in [6, 6.07) is 17.5. The number of amides is 1. The van der Waals surface area contributed by atoms with Crippen LogP contribution < -0.4 is 21.3 Å². The molecule has 1 atom stereocenters.